The number of nitrogens with one attached hydrogen (secondary N) is 1. The van der Waals surface area contributed by atoms with Crippen molar-refractivity contribution in [3.05, 3.63) is 0 Å². The highest BCUT2D eigenvalue weighted by atomic mass is 16.6. The molecule has 7 nitrogen and oxygen atoms in total. The van der Waals surface area contributed by atoms with E-state index in [1.165, 1.54) is 0 Å². The molecule has 0 radical (unpaired) electrons. The van der Waals surface area contributed by atoms with E-state index in [0.717, 1.165) is 45.2 Å². The fourth-order valence-electron chi connectivity index (χ4n) is 10.4. The van der Waals surface area contributed by atoms with Gasteiger partial charge in [0.1, 0.15) is 11.9 Å². The number of carbonyl (C=O) groups excluding carboxylic acids is 3. The Kier molecular flexibility index (Phi) is 6.86. The molecule has 2 heterocycles. The van der Waals surface area contributed by atoms with Gasteiger partial charge in [0.2, 0.25) is 5.91 Å². The van der Waals surface area contributed by atoms with Crippen LogP contribution in [0.25, 0.3) is 0 Å². The van der Waals surface area contributed by atoms with Crippen molar-refractivity contribution < 1.29 is 24.2 Å². The number of ether oxygens (including phenoxy) is 1. The molecule has 3 unspecified atom stereocenters. The average Bonchev–Trinajstić information content (AvgIpc) is 3.55. The summed E-state index contributed by atoms with van der Waals surface area (Å²) in [6, 6.07) is 0. The third-order valence-corrected chi connectivity index (χ3v) is 12.4. The van der Waals surface area contributed by atoms with Crippen LogP contribution in [-0.4, -0.2) is 59.6 Å². The fourth-order valence-corrected chi connectivity index (χ4v) is 10.4. The molecule has 2 aliphatic heterocycles. The lowest BCUT2D eigenvalue weighted by Gasteiger charge is -2.65. The summed E-state index contributed by atoms with van der Waals surface area (Å²) in [7, 11) is 0. The van der Waals surface area contributed by atoms with E-state index < -0.39 is 34.5 Å². The Morgan fingerprint density at radius 2 is 1.84 bits per heavy atom. The van der Waals surface area contributed by atoms with E-state index in [2.05, 4.69) is 58.7 Å². The molecule has 214 valence electrons. The first kappa shape index (κ1) is 28.1. The van der Waals surface area contributed by atoms with Crippen molar-refractivity contribution >= 4 is 17.8 Å². The number of carbonyl (C=O) groups is 3. The van der Waals surface area contributed by atoms with Crippen LogP contribution < -0.4 is 5.32 Å². The zero-order valence-electron chi connectivity index (χ0n) is 24.6. The van der Waals surface area contributed by atoms with E-state index in [-0.39, 0.29) is 34.9 Å². The Morgan fingerprint density at radius 3 is 2.45 bits per heavy atom. The number of rotatable bonds is 4. The minimum Gasteiger partial charge on any atom is -0.445 e. The van der Waals surface area contributed by atoms with Gasteiger partial charge >= 0.3 is 6.09 Å². The Labute approximate surface area is 228 Å². The number of hydrogen-bond donors (Lipinski definition) is 2. The molecule has 5 fully saturated rings. The van der Waals surface area contributed by atoms with Crippen molar-refractivity contribution in [3.63, 3.8) is 0 Å². The molecule has 2 amide bonds. The number of Topliss-reactive ketones (excluding diaryl/α,β-unsaturated/α-hetero) is 1. The number of ketones is 1. The highest BCUT2D eigenvalue weighted by molar-refractivity contribution is 5.93. The second-order valence-electron chi connectivity index (χ2n) is 15.2. The quantitative estimate of drug-likeness (QED) is 0.542. The highest BCUT2D eigenvalue weighted by Crippen LogP contribution is 2.71. The third kappa shape index (κ3) is 4.00. The predicted octanol–water partition coefficient (Wildman–Crippen LogP) is 4.80. The van der Waals surface area contributed by atoms with Crippen molar-refractivity contribution in [2.24, 2.45) is 51.2 Å². The van der Waals surface area contributed by atoms with Crippen LogP contribution in [0, 0.1) is 51.2 Å². The number of amides is 2. The summed E-state index contributed by atoms with van der Waals surface area (Å²) >= 11 is 0. The lowest BCUT2D eigenvalue weighted by Crippen LogP contribution is -2.66. The second kappa shape index (κ2) is 9.29. The zero-order valence-corrected chi connectivity index (χ0v) is 24.6. The largest absolute Gasteiger partial charge is 0.445 e. The number of aliphatic hydroxyl groups excluding tert-OH is 1. The van der Waals surface area contributed by atoms with Gasteiger partial charge in [-0.25, -0.2) is 4.79 Å². The van der Waals surface area contributed by atoms with Crippen molar-refractivity contribution in [1.82, 2.24) is 10.2 Å². The van der Waals surface area contributed by atoms with Gasteiger partial charge in [0.15, 0.2) is 0 Å². The number of aliphatic hydroxyl groups is 1. The number of piperidine rings is 1. The van der Waals surface area contributed by atoms with Crippen molar-refractivity contribution in [2.45, 2.75) is 106 Å². The molecule has 2 N–H and O–H groups in total. The molecule has 0 spiro atoms. The zero-order chi connectivity index (χ0) is 27.8. The van der Waals surface area contributed by atoms with E-state index in [1.807, 2.05) is 0 Å². The van der Waals surface area contributed by atoms with E-state index in [4.69, 9.17) is 4.74 Å². The molecule has 3 saturated carbocycles. The molecule has 7 heteroatoms. The molecule has 0 aromatic heterocycles. The minimum atomic E-state index is -0.700. The van der Waals surface area contributed by atoms with E-state index in [9.17, 15) is 19.5 Å². The molecule has 3 aliphatic carbocycles. The van der Waals surface area contributed by atoms with Crippen molar-refractivity contribution in [1.29, 1.82) is 0 Å². The maximum Gasteiger partial charge on any atom is 0.414 e. The van der Waals surface area contributed by atoms with Gasteiger partial charge in [0, 0.05) is 30.8 Å². The van der Waals surface area contributed by atoms with Crippen LogP contribution in [0.2, 0.25) is 0 Å². The summed E-state index contributed by atoms with van der Waals surface area (Å²) in [5.74, 6) is 0.375. The van der Waals surface area contributed by atoms with Crippen molar-refractivity contribution in [3.8, 4) is 0 Å². The Morgan fingerprint density at radius 1 is 1.13 bits per heavy atom. The van der Waals surface area contributed by atoms with Crippen LogP contribution in [0.1, 0.15) is 93.4 Å². The first-order chi connectivity index (χ1) is 17.7. The van der Waals surface area contributed by atoms with Gasteiger partial charge in [-0.3, -0.25) is 14.9 Å². The van der Waals surface area contributed by atoms with Crippen LogP contribution in [-0.2, 0) is 14.3 Å². The molecule has 4 bridgehead atoms. The number of imide groups is 1. The van der Waals surface area contributed by atoms with Crippen LogP contribution in [0.3, 0.4) is 0 Å². The Balaban J connectivity index is 1.50. The molecule has 5 rings (SSSR count). The predicted molar refractivity (Wildman–Crippen MR) is 145 cm³/mol. The van der Waals surface area contributed by atoms with Gasteiger partial charge in [-0.15, -0.1) is 0 Å². The molecule has 5 aliphatic rings. The van der Waals surface area contributed by atoms with Crippen LogP contribution in [0.4, 0.5) is 4.79 Å². The Bertz CT molecular complexity index is 995. The lowest BCUT2D eigenvalue weighted by atomic mass is 9.39. The maximum absolute atomic E-state index is 13.7. The summed E-state index contributed by atoms with van der Waals surface area (Å²) in [4.78, 5) is 42.5. The summed E-state index contributed by atoms with van der Waals surface area (Å²) in [5.41, 5.74) is -1.88. The standard InChI is InChI=1S/C31H50N2O5/c1-18(2)14-29(6)15-23(38-27(37)32-25(35)21-17-33-13-10-20(21)16-33)30(7)19(3)8-11-31(28(4,5)26(29)36)12-9-22(34)24(30)31/h18-21,23-24,26,36H,8-17H2,1-7H3,(H,32,35,37)/t19-,20-,21+,23-,24?,26+,29-,30+,31?/m1/s1. The monoisotopic (exact) mass is 530 g/mol. The van der Waals surface area contributed by atoms with Crippen LogP contribution in [0.15, 0.2) is 0 Å². The normalized spacial score (nSPS) is 47.4. The molecule has 10 atom stereocenters. The topological polar surface area (TPSA) is 95.9 Å². The number of alkyl carbamates (subject to hydrolysis) is 1. The van der Waals surface area contributed by atoms with Crippen LogP contribution >= 0.6 is 0 Å². The Hall–Kier alpha value is -1.47. The molecular weight excluding hydrogens is 480 g/mol. The fraction of sp³-hybridized carbons (Fsp3) is 0.903. The van der Waals surface area contributed by atoms with Crippen LogP contribution in [0.5, 0.6) is 0 Å². The van der Waals surface area contributed by atoms with E-state index >= 15 is 0 Å². The van der Waals surface area contributed by atoms with Gasteiger partial charge < -0.3 is 14.7 Å². The lowest BCUT2D eigenvalue weighted by molar-refractivity contribution is -0.229. The van der Waals surface area contributed by atoms with Crippen molar-refractivity contribution in [2.75, 3.05) is 19.6 Å². The van der Waals surface area contributed by atoms with E-state index in [1.54, 1.807) is 0 Å². The van der Waals surface area contributed by atoms with Gasteiger partial charge in [-0.2, -0.15) is 0 Å². The SMILES string of the molecule is CC(C)C[C@]1(C)C[C@@H](OC(=O)NC(=O)[C@H]2CN3CC[C@@H]2C3)[C@@]2(C)C3C(=O)CCC3(CC[C@H]2C)C(C)(C)[C@@H]1O. The summed E-state index contributed by atoms with van der Waals surface area (Å²) in [6.07, 6.45) is 3.45. The molecule has 0 aromatic carbocycles. The van der Waals surface area contributed by atoms with Gasteiger partial charge in [-0.05, 0) is 79.1 Å². The molecule has 2 saturated heterocycles. The summed E-state index contributed by atoms with van der Waals surface area (Å²) < 4.78 is 6.30. The first-order valence-corrected chi connectivity index (χ1v) is 15.1. The van der Waals surface area contributed by atoms with E-state index in [0.29, 0.717) is 31.2 Å². The number of fused-ring (bicyclic) bond motifs is 2. The van der Waals surface area contributed by atoms with Gasteiger partial charge in [0.05, 0.1) is 12.0 Å². The number of hydrogen-bond acceptors (Lipinski definition) is 6. The molecular formula is C31H50N2O5. The highest BCUT2D eigenvalue weighted by Gasteiger charge is 2.71. The summed E-state index contributed by atoms with van der Waals surface area (Å²) in [6.45, 7) is 17.8. The molecule has 38 heavy (non-hydrogen) atoms. The average molecular weight is 531 g/mol. The second-order valence-corrected chi connectivity index (χ2v) is 15.2. The number of nitrogens with zero attached hydrogens (tertiary/aromatic N) is 1. The minimum absolute atomic E-state index is 0.170. The van der Waals surface area contributed by atoms with Gasteiger partial charge in [-0.1, -0.05) is 48.5 Å². The van der Waals surface area contributed by atoms with Gasteiger partial charge in [0.25, 0.3) is 0 Å². The first-order valence-electron chi connectivity index (χ1n) is 15.1. The smallest absolute Gasteiger partial charge is 0.414 e. The maximum atomic E-state index is 13.7. The molecule has 0 aromatic rings. The summed E-state index contributed by atoms with van der Waals surface area (Å²) in [5, 5.41) is 14.8. The third-order valence-electron chi connectivity index (χ3n) is 12.4.